The maximum Gasteiger partial charge on any atom is 0.395 e. The van der Waals surface area contributed by atoms with Crippen molar-refractivity contribution in [3.8, 4) is 0 Å². The van der Waals surface area contributed by atoms with Gasteiger partial charge in [-0.25, -0.2) is 0 Å². The van der Waals surface area contributed by atoms with Crippen LogP contribution in [0.25, 0.3) is 0 Å². The summed E-state index contributed by atoms with van der Waals surface area (Å²) in [7, 11) is 0. The minimum Gasteiger partial charge on any atom is -0.170 e. The van der Waals surface area contributed by atoms with E-state index < -0.39 is 11.6 Å². The molecule has 4 saturated carbocycles. The zero-order valence-electron chi connectivity index (χ0n) is 9.97. The molecule has 0 aliphatic heterocycles. The maximum absolute atomic E-state index is 13.6. The van der Waals surface area contributed by atoms with E-state index >= 15 is 0 Å². The smallest absolute Gasteiger partial charge is 0.170 e. The molecule has 4 fully saturated rings. The molecule has 0 unspecified atom stereocenters. The summed E-state index contributed by atoms with van der Waals surface area (Å²) < 4.78 is 40.8. The molecule has 0 amide bonds. The Morgan fingerprint density at radius 1 is 1.00 bits per heavy atom. The van der Waals surface area contributed by atoms with Gasteiger partial charge in [0, 0.05) is 0 Å². The molecule has 4 rings (SSSR count). The van der Waals surface area contributed by atoms with Crippen LogP contribution in [0.15, 0.2) is 12.7 Å². The van der Waals surface area contributed by atoms with Gasteiger partial charge in [-0.2, -0.15) is 13.2 Å². The molecule has 0 saturated heterocycles. The lowest BCUT2D eigenvalue weighted by Crippen LogP contribution is -2.59. The second kappa shape index (κ2) is 3.52. The molecule has 4 aliphatic carbocycles. The topological polar surface area (TPSA) is 0 Å². The van der Waals surface area contributed by atoms with Crippen molar-refractivity contribution in [3.63, 3.8) is 0 Å². The molecular formula is C14H19F3. The van der Waals surface area contributed by atoms with Gasteiger partial charge in [-0.3, -0.25) is 0 Å². The molecule has 4 aliphatic rings. The zero-order chi connectivity index (χ0) is 12.3. The number of halogens is 3. The first kappa shape index (κ1) is 11.6. The lowest BCUT2D eigenvalue weighted by molar-refractivity contribution is -0.298. The quantitative estimate of drug-likeness (QED) is 0.624. The lowest BCUT2D eigenvalue weighted by Gasteiger charge is -2.61. The fourth-order valence-corrected chi connectivity index (χ4v) is 5.18. The van der Waals surface area contributed by atoms with Crippen LogP contribution in [0.1, 0.15) is 38.5 Å². The number of rotatable bonds is 2. The molecule has 96 valence electrons. The third-order valence-corrected chi connectivity index (χ3v) is 5.60. The van der Waals surface area contributed by atoms with Crippen LogP contribution in [0.2, 0.25) is 0 Å². The first-order chi connectivity index (χ1) is 7.97. The Morgan fingerprint density at radius 2 is 1.47 bits per heavy atom. The minimum absolute atomic E-state index is 0.128. The van der Waals surface area contributed by atoms with Crippen molar-refractivity contribution >= 4 is 0 Å². The van der Waals surface area contributed by atoms with Crippen LogP contribution >= 0.6 is 0 Å². The Hall–Kier alpha value is -0.470. The summed E-state index contributed by atoms with van der Waals surface area (Å²) in [5, 5.41) is 0. The summed E-state index contributed by atoms with van der Waals surface area (Å²) in [6.45, 7) is 3.57. The van der Waals surface area contributed by atoms with E-state index in [2.05, 4.69) is 6.58 Å². The van der Waals surface area contributed by atoms with Crippen LogP contribution in [0, 0.1) is 29.1 Å². The second-order valence-electron chi connectivity index (χ2n) is 6.34. The molecule has 0 aromatic carbocycles. The molecule has 0 nitrogen and oxygen atoms in total. The first-order valence-electron chi connectivity index (χ1n) is 6.65. The van der Waals surface area contributed by atoms with Crippen molar-refractivity contribution in [2.75, 3.05) is 0 Å². The summed E-state index contributed by atoms with van der Waals surface area (Å²) in [6.07, 6.45) is 1.99. The Balaban J connectivity index is 2.01. The van der Waals surface area contributed by atoms with Crippen LogP contribution in [-0.4, -0.2) is 6.18 Å². The van der Waals surface area contributed by atoms with E-state index in [0.717, 1.165) is 25.7 Å². The standard InChI is InChI=1S/C14H19F3/c1-2-3-13(14(15,16)17)11-5-9-4-10(7-11)8-12(13)6-9/h2,9-12H,1,3-8H2. The molecule has 0 atom stereocenters. The highest BCUT2D eigenvalue weighted by molar-refractivity contribution is 5.10. The van der Waals surface area contributed by atoms with Gasteiger partial charge < -0.3 is 0 Å². The molecule has 0 aromatic rings. The van der Waals surface area contributed by atoms with Crippen LogP contribution in [0.5, 0.6) is 0 Å². The van der Waals surface area contributed by atoms with Crippen molar-refractivity contribution in [1.29, 1.82) is 0 Å². The Morgan fingerprint density at radius 3 is 1.82 bits per heavy atom. The SMILES string of the molecule is C=CCC1(C(F)(F)F)C2CC3CC(C2)CC1C3. The van der Waals surface area contributed by atoms with Gasteiger partial charge in [0.2, 0.25) is 0 Å². The van der Waals surface area contributed by atoms with E-state index in [9.17, 15) is 13.2 Å². The average Bonchev–Trinajstić information content (AvgIpc) is 2.20. The second-order valence-corrected chi connectivity index (χ2v) is 6.34. The van der Waals surface area contributed by atoms with Gasteiger partial charge in [0.25, 0.3) is 0 Å². The molecule has 0 spiro atoms. The summed E-state index contributed by atoms with van der Waals surface area (Å²) in [6, 6.07) is 0. The predicted molar refractivity (Wildman–Crippen MR) is 60.3 cm³/mol. The van der Waals surface area contributed by atoms with E-state index in [1.807, 2.05) is 0 Å². The number of allylic oxidation sites excluding steroid dienone is 1. The Kier molecular flexibility index (Phi) is 2.40. The fourth-order valence-electron chi connectivity index (χ4n) is 5.18. The third-order valence-electron chi connectivity index (χ3n) is 5.60. The summed E-state index contributed by atoms with van der Waals surface area (Å²) in [5.74, 6) is 0.907. The Bertz CT molecular complexity index is 301. The van der Waals surface area contributed by atoms with E-state index in [-0.39, 0.29) is 18.3 Å². The number of alkyl halides is 3. The first-order valence-corrected chi connectivity index (χ1v) is 6.65. The zero-order valence-corrected chi connectivity index (χ0v) is 9.97. The molecule has 3 heteroatoms. The lowest BCUT2D eigenvalue weighted by atomic mass is 9.44. The fraction of sp³-hybridized carbons (Fsp3) is 0.857. The monoisotopic (exact) mass is 244 g/mol. The Labute approximate surface area is 100 Å². The normalized spacial score (nSPS) is 48.4. The van der Waals surface area contributed by atoms with E-state index in [1.54, 1.807) is 0 Å². The van der Waals surface area contributed by atoms with Crippen molar-refractivity contribution in [2.24, 2.45) is 29.1 Å². The summed E-state index contributed by atoms with van der Waals surface area (Å²) in [4.78, 5) is 0. The van der Waals surface area contributed by atoms with Gasteiger partial charge in [-0.1, -0.05) is 6.08 Å². The average molecular weight is 244 g/mol. The highest BCUT2D eigenvalue weighted by Crippen LogP contribution is 2.68. The molecule has 0 radical (unpaired) electrons. The summed E-state index contributed by atoms with van der Waals surface area (Å²) >= 11 is 0. The molecule has 0 aromatic heterocycles. The van der Waals surface area contributed by atoms with Gasteiger partial charge in [0.1, 0.15) is 0 Å². The van der Waals surface area contributed by atoms with Gasteiger partial charge in [-0.15, -0.1) is 6.58 Å². The minimum atomic E-state index is -4.05. The highest BCUT2D eigenvalue weighted by atomic mass is 19.4. The van der Waals surface area contributed by atoms with Crippen LogP contribution in [0.3, 0.4) is 0 Å². The van der Waals surface area contributed by atoms with Crippen molar-refractivity contribution in [1.82, 2.24) is 0 Å². The van der Waals surface area contributed by atoms with Crippen molar-refractivity contribution in [2.45, 2.75) is 44.7 Å². The molecule has 17 heavy (non-hydrogen) atoms. The van der Waals surface area contributed by atoms with E-state index in [0.29, 0.717) is 11.8 Å². The van der Waals surface area contributed by atoms with Crippen LogP contribution in [0.4, 0.5) is 13.2 Å². The third kappa shape index (κ3) is 1.43. The predicted octanol–water partition coefficient (Wildman–Crippen LogP) is 4.57. The van der Waals surface area contributed by atoms with Gasteiger partial charge in [-0.05, 0) is 62.2 Å². The van der Waals surface area contributed by atoms with Crippen LogP contribution in [-0.2, 0) is 0 Å². The van der Waals surface area contributed by atoms with E-state index in [1.165, 1.54) is 12.5 Å². The summed E-state index contributed by atoms with van der Waals surface area (Å²) in [5.41, 5.74) is -1.43. The maximum atomic E-state index is 13.6. The van der Waals surface area contributed by atoms with Crippen molar-refractivity contribution in [3.05, 3.63) is 12.7 Å². The molecular weight excluding hydrogens is 225 g/mol. The van der Waals surface area contributed by atoms with Gasteiger partial charge >= 0.3 is 6.18 Å². The molecule has 0 heterocycles. The molecule has 4 bridgehead atoms. The van der Waals surface area contributed by atoms with Gasteiger partial charge in [0.05, 0.1) is 5.41 Å². The molecule has 0 N–H and O–H groups in total. The van der Waals surface area contributed by atoms with Crippen LogP contribution < -0.4 is 0 Å². The van der Waals surface area contributed by atoms with Crippen molar-refractivity contribution < 1.29 is 13.2 Å². The number of hydrogen-bond donors (Lipinski definition) is 0. The number of hydrogen-bond acceptors (Lipinski definition) is 0. The van der Waals surface area contributed by atoms with Gasteiger partial charge in [0.15, 0.2) is 0 Å². The van der Waals surface area contributed by atoms with E-state index in [4.69, 9.17) is 0 Å². The largest absolute Gasteiger partial charge is 0.395 e. The highest BCUT2D eigenvalue weighted by Gasteiger charge is 2.67.